The maximum atomic E-state index is 10.8. The van der Waals surface area contributed by atoms with Crippen molar-refractivity contribution < 1.29 is 9.59 Å². The molecule has 68 valence electrons. The van der Waals surface area contributed by atoms with E-state index >= 15 is 0 Å². The summed E-state index contributed by atoms with van der Waals surface area (Å²) < 4.78 is 0. The van der Waals surface area contributed by atoms with Crippen molar-refractivity contribution in [2.75, 3.05) is 0 Å². The van der Waals surface area contributed by atoms with Crippen LogP contribution in [0.3, 0.4) is 0 Å². The lowest BCUT2D eigenvalue weighted by atomic mass is 10.1. The molecule has 0 bridgehead atoms. The molecule has 0 aliphatic carbocycles. The quantitative estimate of drug-likeness (QED) is 0.504. The molecule has 0 spiro atoms. The summed E-state index contributed by atoms with van der Waals surface area (Å²) in [4.78, 5) is 21.6. The first kappa shape index (κ1) is 9.23. The minimum absolute atomic E-state index is 0.122. The molecule has 3 nitrogen and oxygen atoms in total. The van der Waals surface area contributed by atoms with Gasteiger partial charge in [0.25, 0.3) is 5.91 Å². The highest BCUT2D eigenvalue weighted by Crippen LogP contribution is 2.11. The Morgan fingerprint density at radius 1 is 1.42 bits per heavy atom. The van der Waals surface area contributed by atoms with Crippen LogP contribution in [-0.4, -0.2) is 17.7 Å². The van der Waals surface area contributed by atoms with Crippen LogP contribution in [0.4, 0.5) is 0 Å². The molecule has 1 aliphatic rings. The number of carbonyl (C=O) groups is 2. The van der Waals surface area contributed by atoms with Gasteiger partial charge < -0.3 is 5.32 Å². The van der Waals surface area contributed by atoms with Crippen molar-refractivity contribution in [1.29, 1.82) is 0 Å². The molecule has 1 atom stereocenters. The summed E-state index contributed by atoms with van der Waals surface area (Å²) in [5.41, 5.74) is 0. The van der Waals surface area contributed by atoms with E-state index in [1.54, 1.807) is 0 Å². The van der Waals surface area contributed by atoms with Crippen molar-refractivity contribution >= 4 is 11.7 Å². The predicted molar refractivity (Wildman–Crippen MR) is 45.7 cm³/mol. The Hall–Kier alpha value is -0.860. The standard InChI is InChI=1S/C9H15NO2/c1-2-3-4-5-7-6-8(11)9(12)10-7/h7H,2-6H2,1H3,(H,10,12). The summed E-state index contributed by atoms with van der Waals surface area (Å²) in [6, 6.07) is 0.122. The number of hydrogen-bond acceptors (Lipinski definition) is 2. The minimum Gasteiger partial charge on any atom is -0.346 e. The van der Waals surface area contributed by atoms with Gasteiger partial charge in [-0.2, -0.15) is 0 Å². The zero-order valence-electron chi connectivity index (χ0n) is 7.43. The normalized spacial score (nSPS) is 22.9. The fourth-order valence-corrected chi connectivity index (χ4v) is 1.45. The van der Waals surface area contributed by atoms with Crippen LogP contribution in [0.2, 0.25) is 0 Å². The number of carbonyl (C=O) groups excluding carboxylic acids is 2. The summed E-state index contributed by atoms with van der Waals surface area (Å²) in [6.07, 6.45) is 4.82. The van der Waals surface area contributed by atoms with Crippen LogP contribution in [0, 0.1) is 0 Å². The molecule has 1 fully saturated rings. The summed E-state index contributed by atoms with van der Waals surface area (Å²) in [5, 5.41) is 2.67. The Kier molecular flexibility index (Phi) is 3.26. The van der Waals surface area contributed by atoms with Crippen molar-refractivity contribution in [3.8, 4) is 0 Å². The molecule has 1 saturated heterocycles. The van der Waals surface area contributed by atoms with Crippen LogP contribution in [0.5, 0.6) is 0 Å². The number of amides is 1. The van der Waals surface area contributed by atoms with Gasteiger partial charge in [-0.1, -0.05) is 26.2 Å². The number of nitrogens with one attached hydrogen (secondary N) is 1. The zero-order valence-corrected chi connectivity index (χ0v) is 7.43. The smallest absolute Gasteiger partial charge is 0.287 e. The second kappa shape index (κ2) is 4.24. The van der Waals surface area contributed by atoms with E-state index in [1.807, 2.05) is 0 Å². The second-order valence-electron chi connectivity index (χ2n) is 3.29. The molecule has 0 aromatic carbocycles. The summed E-state index contributed by atoms with van der Waals surface area (Å²) in [7, 11) is 0. The van der Waals surface area contributed by atoms with Crippen LogP contribution in [-0.2, 0) is 9.59 Å². The van der Waals surface area contributed by atoms with E-state index in [2.05, 4.69) is 12.2 Å². The largest absolute Gasteiger partial charge is 0.346 e. The van der Waals surface area contributed by atoms with Gasteiger partial charge in [0, 0.05) is 12.5 Å². The fraction of sp³-hybridized carbons (Fsp3) is 0.778. The van der Waals surface area contributed by atoms with Crippen LogP contribution < -0.4 is 5.32 Å². The number of Topliss-reactive ketones (excluding diaryl/α,β-unsaturated/α-hetero) is 1. The Morgan fingerprint density at radius 3 is 2.67 bits per heavy atom. The van der Waals surface area contributed by atoms with Crippen LogP contribution in [0.1, 0.15) is 39.0 Å². The Bertz CT molecular complexity index is 173. The summed E-state index contributed by atoms with van der Waals surface area (Å²) in [5.74, 6) is -0.645. The van der Waals surface area contributed by atoms with Crippen molar-refractivity contribution in [3.05, 3.63) is 0 Å². The van der Waals surface area contributed by atoms with Gasteiger partial charge in [0.1, 0.15) is 0 Å². The van der Waals surface area contributed by atoms with Crippen molar-refractivity contribution in [2.24, 2.45) is 0 Å². The Labute approximate surface area is 72.5 Å². The third-order valence-electron chi connectivity index (χ3n) is 2.18. The zero-order chi connectivity index (χ0) is 8.97. The fourth-order valence-electron chi connectivity index (χ4n) is 1.45. The van der Waals surface area contributed by atoms with Gasteiger partial charge in [0.05, 0.1) is 0 Å². The Balaban J connectivity index is 2.19. The molecule has 0 aromatic rings. The molecule has 1 N–H and O–H groups in total. The lowest BCUT2D eigenvalue weighted by Crippen LogP contribution is -2.26. The van der Waals surface area contributed by atoms with Crippen molar-refractivity contribution in [2.45, 2.75) is 45.1 Å². The Morgan fingerprint density at radius 2 is 2.17 bits per heavy atom. The molecule has 12 heavy (non-hydrogen) atoms. The van der Waals surface area contributed by atoms with Gasteiger partial charge in [-0.3, -0.25) is 9.59 Å². The molecule has 1 amide bonds. The molecule has 1 heterocycles. The van der Waals surface area contributed by atoms with Crippen molar-refractivity contribution in [1.82, 2.24) is 5.32 Å². The molecule has 1 aliphatic heterocycles. The van der Waals surface area contributed by atoms with E-state index < -0.39 is 5.91 Å². The first-order valence-electron chi connectivity index (χ1n) is 4.57. The highest BCUT2D eigenvalue weighted by atomic mass is 16.2. The van der Waals surface area contributed by atoms with Gasteiger partial charge in [-0.15, -0.1) is 0 Å². The number of hydrogen-bond donors (Lipinski definition) is 1. The molecule has 1 rings (SSSR count). The minimum atomic E-state index is -0.392. The number of rotatable bonds is 4. The molecule has 0 saturated carbocycles. The monoisotopic (exact) mass is 169 g/mol. The van der Waals surface area contributed by atoms with Crippen molar-refractivity contribution in [3.63, 3.8) is 0 Å². The third kappa shape index (κ3) is 2.32. The maximum Gasteiger partial charge on any atom is 0.287 e. The van der Waals surface area contributed by atoms with Crippen LogP contribution >= 0.6 is 0 Å². The second-order valence-corrected chi connectivity index (χ2v) is 3.29. The number of ketones is 1. The van der Waals surface area contributed by atoms with E-state index in [1.165, 1.54) is 12.8 Å². The molecule has 1 unspecified atom stereocenters. The molecule has 0 radical (unpaired) electrons. The predicted octanol–water partition coefficient (Wildman–Crippen LogP) is 1.02. The average molecular weight is 169 g/mol. The van der Waals surface area contributed by atoms with Gasteiger partial charge in [0.2, 0.25) is 5.78 Å². The lowest BCUT2D eigenvalue weighted by Gasteiger charge is -2.06. The van der Waals surface area contributed by atoms with E-state index in [9.17, 15) is 9.59 Å². The van der Waals surface area contributed by atoms with E-state index in [-0.39, 0.29) is 11.8 Å². The highest BCUT2D eigenvalue weighted by Gasteiger charge is 2.28. The first-order valence-corrected chi connectivity index (χ1v) is 4.57. The lowest BCUT2D eigenvalue weighted by molar-refractivity contribution is -0.135. The summed E-state index contributed by atoms with van der Waals surface area (Å²) in [6.45, 7) is 2.14. The molecular weight excluding hydrogens is 154 g/mol. The van der Waals surface area contributed by atoms with Gasteiger partial charge in [0.15, 0.2) is 0 Å². The van der Waals surface area contributed by atoms with E-state index in [0.29, 0.717) is 6.42 Å². The van der Waals surface area contributed by atoms with Gasteiger partial charge in [-0.25, -0.2) is 0 Å². The van der Waals surface area contributed by atoms with E-state index in [4.69, 9.17) is 0 Å². The highest BCUT2D eigenvalue weighted by molar-refractivity contribution is 6.38. The van der Waals surface area contributed by atoms with Crippen LogP contribution in [0.15, 0.2) is 0 Å². The third-order valence-corrected chi connectivity index (χ3v) is 2.18. The maximum absolute atomic E-state index is 10.8. The SMILES string of the molecule is CCCCCC1CC(=O)C(=O)N1. The molecular formula is C9H15NO2. The first-order chi connectivity index (χ1) is 5.74. The molecule has 3 heteroatoms. The van der Waals surface area contributed by atoms with Crippen LogP contribution in [0.25, 0.3) is 0 Å². The average Bonchev–Trinajstić information content (AvgIpc) is 2.32. The summed E-state index contributed by atoms with van der Waals surface area (Å²) >= 11 is 0. The number of unbranched alkanes of at least 4 members (excludes halogenated alkanes) is 2. The topological polar surface area (TPSA) is 46.2 Å². The molecule has 0 aromatic heterocycles. The van der Waals surface area contributed by atoms with Gasteiger partial charge >= 0.3 is 0 Å². The van der Waals surface area contributed by atoms with Gasteiger partial charge in [-0.05, 0) is 6.42 Å². The van der Waals surface area contributed by atoms with E-state index in [0.717, 1.165) is 12.8 Å².